The van der Waals surface area contributed by atoms with Crippen LogP contribution in [0.3, 0.4) is 0 Å². The first-order chi connectivity index (χ1) is 11.1. The Morgan fingerprint density at radius 1 is 1.26 bits per heavy atom. The maximum atomic E-state index is 12.2. The molecule has 116 valence electrons. The minimum Gasteiger partial charge on any atom is -0.463 e. The number of rotatable bonds is 4. The normalized spacial score (nSPS) is 10.5. The lowest BCUT2D eigenvalue weighted by Crippen LogP contribution is -2.23. The van der Waals surface area contributed by atoms with Gasteiger partial charge in [0.1, 0.15) is 5.69 Å². The highest BCUT2D eigenvalue weighted by molar-refractivity contribution is 6.31. The lowest BCUT2D eigenvalue weighted by Gasteiger charge is -2.08. The van der Waals surface area contributed by atoms with Crippen molar-refractivity contribution in [3.05, 3.63) is 71.1 Å². The molecule has 0 fully saturated rings. The molecule has 6 heteroatoms. The van der Waals surface area contributed by atoms with Crippen LogP contribution < -0.4 is 11.1 Å². The van der Waals surface area contributed by atoms with Gasteiger partial charge in [-0.3, -0.25) is 9.78 Å². The maximum Gasteiger partial charge on any atom is 0.253 e. The minimum absolute atomic E-state index is 0.226. The monoisotopic (exact) mass is 327 g/mol. The van der Waals surface area contributed by atoms with Crippen molar-refractivity contribution in [3.8, 4) is 11.5 Å². The van der Waals surface area contributed by atoms with E-state index in [1.165, 1.54) is 6.20 Å². The van der Waals surface area contributed by atoms with Gasteiger partial charge in [-0.1, -0.05) is 17.7 Å². The molecule has 0 spiro atoms. The molecule has 3 rings (SSSR count). The summed E-state index contributed by atoms with van der Waals surface area (Å²) in [6.07, 6.45) is 3.09. The van der Waals surface area contributed by atoms with E-state index in [0.29, 0.717) is 34.3 Å². The molecule has 0 saturated carbocycles. The van der Waals surface area contributed by atoms with E-state index in [9.17, 15) is 4.79 Å². The number of hydrogen-bond donors (Lipinski definition) is 2. The summed E-state index contributed by atoms with van der Waals surface area (Å²) < 4.78 is 5.26. The number of hydrogen-bond acceptors (Lipinski definition) is 4. The fraction of sp³-hybridized carbons (Fsp3) is 0.0588. The molecule has 0 unspecified atom stereocenters. The van der Waals surface area contributed by atoms with Crippen molar-refractivity contribution in [2.45, 2.75) is 6.54 Å². The van der Waals surface area contributed by atoms with E-state index in [1.54, 1.807) is 42.7 Å². The lowest BCUT2D eigenvalue weighted by atomic mass is 10.2. The lowest BCUT2D eigenvalue weighted by molar-refractivity contribution is 0.0950. The molecular weight excluding hydrogens is 314 g/mol. The number of anilines is 1. The number of aromatic nitrogens is 1. The third-order valence-corrected chi connectivity index (χ3v) is 3.67. The Labute approximate surface area is 138 Å². The molecule has 0 atom stereocenters. The zero-order valence-corrected chi connectivity index (χ0v) is 12.9. The van der Waals surface area contributed by atoms with E-state index in [-0.39, 0.29) is 5.91 Å². The number of benzene rings is 1. The number of carbonyl (C=O) groups excluding carboxylic acids is 1. The number of furan rings is 1. The molecule has 0 radical (unpaired) electrons. The van der Waals surface area contributed by atoms with E-state index < -0.39 is 0 Å². The quantitative estimate of drug-likeness (QED) is 0.718. The Balaban J connectivity index is 1.66. The van der Waals surface area contributed by atoms with Crippen LogP contribution in [-0.4, -0.2) is 10.9 Å². The maximum absolute atomic E-state index is 12.2. The molecular formula is C17H14ClN3O2. The van der Waals surface area contributed by atoms with Crippen molar-refractivity contribution >= 4 is 23.2 Å². The zero-order valence-electron chi connectivity index (χ0n) is 12.1. The number of amides is 1. The molecule has 23 heavy (non-hydrogen) atoms. The van der Waals surface area contributed by atoms with Crippen molar-refractivity contribution in [2.24, 2.45) is 0 Å². The molecule has 0 bridgehead atoms. The molecule has 0 aliphatic heterocycles. The van der Waals surface area contributed by atoms with Gasteiger partial charge in [-0.25, -0.2) is 0 Å². The van der Waals surface area contributed by atoms with Gasteiger partial charge in [0.05, 0.1) is 11.8 Å². The topological polar surface area (TPSA) is 81.1 Å². The van der Waals surface area contributed by atoms with Gasteiger partial charge in [-0.05, 0) is 42.0 Å². The van der Waals surface area contributed by atoms with E-state index in [4.69, 9.17) is 21.8 Å². The molecule has 0 saturated heterocycles. The number of carbonyl (C=O) groups is 1. The molecule has 0 aliphatic rings. The Hall–Kier alpha value is -2.79. The molecule has 1 aromatic carbocycles. The van der Waals surface area contributed by atoms with Gasteiger partial charge in [-0.2, -0.15) is 0 Å². The van der Waals surface area contributed by atoms with E-state index in [0.717, 1.165) is 5.56 Å². The average molecular weight is 328 g/mol. The predicted octanol–water partition coefficient (Wildman–Crippen LogP) is 3.51. The molecule has 2 heterocycles. The van der Waals surface area contributed by atoms with Crippen LogP contribution in [0, 0.1) is 0 Å². The Bertz CT molecular complexity index is 814. The smallest absolute Gasteiger partial charge is 0.253 e. The second-order valence-corrected chi connectivity index (χ2v) is 5.35. The summed E-state index contributed by atoms with van der Waals surface area (Å²) in [4.78, 5) is 16.4. The van der Waals surface area contributed by atoms with Crippen LogP contribution in [-0.2, 0) is 6.54 Å². The van der Waals surface area contributed by atoms with Crippen LogP contribution in [0.15, 0.2) is 59.3 Å². The number of pyridine rings is 1. The van der Waals surface area contributed by atoms with Crippen LogP contribution in [0.1, 0.15) is 15.9 Å². The summed E-state index contributed by atoms with van der Waals surface area (Å²) in [5, 5.41) is 3.33. The molecule has 3 N–H and O–H groups in total. The summed E-state index contributed by atoms with van der Waals surface area (Å²) in [7, 11) is 0. The molecule has 2 aromatic heterocycles. The van der Waals surface area contributed by atoms with Gasteiger partial charge < -0.3 is 15.5 Å². The van der Waals surface area contributed by atoms with Crippen LogP contribution in [0.25, 0.3) is 11.5 Å². The largest absolute Gasteiger partial charge is 0.463 e. The summed E-state index contributed by atoms with van der Waals surface area (Å²) in [5.74, 6) is 0.432. The third-order valence-electron chi connectivity index (χ3n) is 3.32. The Morgan fingerprint density at radius 3 is 2.78 bits per heavy atom. The number of nitrogen functional groups attached to an aromatic ring is 1. The molecule has 3 aromatic rings. The van der Waals surface area contributed by atoms with E-state index in [1.807, 2.05) is 6.07 Å². The van der Waals surface area contributed by atoms with Crippen molar-refractivity contribution in [2.75, 3.05) is 5.73 Å². The van der Waals surface area contributed by atoms with Gasteiger partial charge in [0.25, 0.3) is 5.91 Å². The summed E-state index contributed by atoms with van der Waals surface area (Å²) >= 11 is 6.08. The van der Waals surface area contributed by atoms with Gasteiger partial charge in [0.2, 0.25) is 0 Å². The van der Waals surface area contributed by atoms with Gasteiger partial charge in [0, 0.05) is 23.5 Å². The number of halogens is 1. The minimum atomic E-state index is -0.226. The second kappa shape index (κ2) is 6.54. The highest BCUT2D eigenvalue weighted by atomic mass is 35.5. The van der Waals surface area contributed by atoms with Gasteiger partial charge in [0.15, 0.2) is 5.76 Å². The molecule has 0 aliphatic carbocycles. The van der Waals surface area contributed by atoms with Crippen LogP contribution >= 0.6 is 11.6 Å². The van der Waals surface area contributed by atoms with Gasteiger partial charge in [-0.15, -0.1) is 0 Å². The van der Waals surface area contributed by atoms with E-state index in [2.05, 4.69) is 10.3 Å². The van der Waals surface area contributed by atoms with Crippen LogP contribution in [0.4, 0.5) is 5.69 Å². The Kier molecular flexibility index (Phi) is 4.30. The second-order valence-electron chi connectivity index (χ2n) is 4.94. The first-order valence-corrected chi connectivity index (χ1v) is 7.33. The number of nitrogens with zero attached hydrogens (tertiary/aromatic N) is 1. The first kappa shape index (κ1) is 15.1. The van der Waals surface area contributed by atoms with E-state index >= 15 is 0 Å². The van der Waals surface area contributed by atoms with Gasteiger partial charge >= 0.3 is 0 Å². The first-order valence-electron chi connectivity index (χ1n) is 6.95. The third kappa shape index (κ3) is 3.52. The number of nitrogens with one attached hydrogen (secondary N) is 1. The molecule has 1 amide bonds. The summed E-state index contributed by atoms with van der Waals surface area (Å²) in [5.41, 5.74) is 8.17. The van der Waals surface area contributed by atoms with Crippen molar-refractivity contribution in [1.82, 2.24) is 10.3 Å². The van der Waals surface area contributed by atoms with Crippen LogP contribution in [0.5, 0.6) is 0 Å². The number of nitrogens with two attached hydrogens (primary N) is 1. The van der Waals surface area contributed by atoms with Crippen molar-refractivity contribution in [1.29, 1.82) is 0 Å². The summed E-state index contributed by atoms with van der Waals surface area (Å²) in [6.45, 7) is 0.317. The zero-order chi connectivity index (χ0) is 16.2. The predicted molar refractivity (Wildman–Crippen MR) is 89.0 cm³/mol. The van der Waals surface area contributed by atoms with Crippen molar-refractivity contribution < 1.29 is 9.21 Å². The highest BCUT2D eigenvalue weighted by Gasteiger charge is 2.09. The fourth-order valence-corrected chi connectivity index (χ4v) is 2.34. The van der Waals surface area contributed by atoms with Crippen molar-refractivity contribution in [3.63, 3.8) is 0 Å². The standard InChI is InChI=1S/C17H14ClN3O2/c18-14-8-13(19)5-3-11(14)9-21-17(22)12-4-6-15(20-10-12)16-2-1-7-23-16/h1-8,10H,9,19H2,(H,21,22). The highest BCUT2D eigenvalue weighted by Crippen LogP contribution is 2.19. The molecule has 5 nitrogen and oxygen atoms in total. The summed E-state index contributed by atoms with van der Waals surface area (Å²) in [6, 6.07) is 12.2. The Morgan fingerprint density at radius 2 is 2.13 bits per heavy atom. The van der Waals surface area contributed by atoms with Crippen LogP contribution in [0.2, 0.25) is 5.02 Å². The average Bonchev–Trinajstić information content (AvgIpc) is 3.08. The fourth-order valence-electron chi connectivity index (χ4n) is 2.08. The SMILES string of the molecule is Nc1ccc(CNC(=O)c2ccc(-c3ccco3)nc2)c(Cl)c1.